The summed E-state index contributed by atoms with van der Waals surface area (Å²) >= 11 is 1.02. The molecule has 2 aromatic rings. The molecule has 0 spiro atoms. The van der Waals surface area contributed by atoms with Gasteiger partial charge in [0.05, 0.1) is 31.0 Å². The lowest BCUT2D eigenvalue weighted by Gasteiger charge is -2.10. The third-order valence-corrected chi connectivity index (χ3v) is 3.50. The van der Waals surface area contributed by atoms with Gasteiger partial charge < -0.3 is 14.8 Å². The number of carbonyl (C=O) groups is 3. The Kier molecular flexibility index (Phi) is 4.84. The first-order valence-corrected chi connectivity index (χ1v) is 6.87. The molecule has 0 bridgehead atoms. The highest BCUT2D eigenvalue weighted by Gasteiger charge is 2.18. The van der Waals surface area contributed by atoms with Crippen molar-refractivity contribution in [2.24, 2.45) is 0 Å². The second-order valence-electron chi connectivity index (χ2n) is 4.07. The van der Waals surface area contributed by atoms with Crippen LogP contribution in [0, 0.1) is 0 Å². The second-order valence-corrected chi connectivity index (χ2v) is 4.91. The van der Waals surface area contributed by atoms with Crippen LogP contribution in [0.2, 0.25) is 0 Å². The molecule has 0 atom stereocenters. The van der Waals surface area contributed by atoms with Crippen LogP contribution in [0.3, 0.4) is 0 Å². The van der Waals surface area contributed by atoms with Crippen molar-refractivity contribution < 1.29 is 23.9 Å². The number of ether oxygens (including phenoxy) is 2. The predicted octanol–water partition coefficient (Wildman–Crippen LogP) is 1.97. The summed E-state index contributed by atoms with van der Waals surface area (Å²) in [6, 6.07) is 5.71. The molecule has 1 aromatic carbocycles. The van der Waals surface area contributed by atoms with Gasteiger partial charge in [-0.3, -0.25) is 4.79 Å². The van der Waals surface area contributed by atoms with Crippen LogP contribution in [-0.2, 0) is 9.47 Å². The Hall–Kier alpha value is -2.74. The number of nitrogens with one attached hydrogen (secondary N) is 1. The molecule has 114 valence electrons. The third-order valence-electron chi connectivity index (χ3n) is 2.76. The highest BCUT2D eigenvalue weighted by molar-refractivity contribution is 7.08. The molecule has 1 amide bonds. The van der Waals surface area contributed by atoms with E-state index in [1.807, 2.05) is 0 Å². The summed E-state index contributed by atoms with van der Waals surface area (Å²) in [5.41, 5.74) is 0.496. The van der Waals surface area contributed by atoms with Gasteiger partial charge in [0.2, 0.25) is 0 Å². The molecular weight excluding hydrogens is 308 g/mol. The lowest BCUT2D eigenvalue weighted by Crippen LogP contribution is -2.15. The van der Waals surface area contributed by atoms with Crippen molar-refractivity contribution in [2.45, 2.75) is 0 Å². The van der Waals surface area contributed by atoms with Crippen molar-refractivity contribution in [1.29, 1.82) is 0 Å². The first-order valence-electron chi connectivity index (χ1n) is 6.09. The standard InChI is InChI=1S/C14H12N2O5S/c1-20-13(18)8-3-4-9(14(19)21-2)10(7-8)16-12(17)11-5-6-15-22-11/h3-7H,1-2H3,(H,16,17). The maximum atomic E-state index is 12.1. The number of aromatic nitrogens is 1. The van der Waals surface area contributed by atoms with Gasteiger partial charge in [-0.1, -0.05) is 0 Å². The van der Waals surface area contributed by atoms with Crippen LogP contribution in [0.15, 0.2) is 30.5 Å². The van der Waals surface area contributed by atoms with Crippen molar-refractivity contribution in [3.8, 4) is 0 Å². The Bertz CT molecular complexity index is 712. The molecule has 0 saturated carbocycles. The third kappa shape index (κ3) is 3.29. The van der Waals surface area contributed by atoms with Gasteiger partial charge in [0, 0.05) is 6.20 Å². The normalized spacial score (nSPS) is 9.91. The van der Waals surface area contributed by atoms with E-state index < -0.39 is 17.8 Å². The minimum atomic E-state index is -0.629. The molecule has 0 aliphatic rings. The molecule has 0 aliphatic carbocycles. The van der Waals surface area contributed by atoms with Crippen molar-refractivity contribution in [1.82, 2.24) is 4.37 Å². The highest BCUT2D eigenvalue weighted by atomic mass is 32.1. The highest BCUT2D eigenvalue weighted by Crippen LogP contribution is 2.21. The van der Waals surface area contributed by atoms with Crippen LogP contribution in [0.25, 0.3) is 0 Å². The van der Waals surface area contributed by atoms with Crippen molar-refractivity contribution in [2.75, 3.05) is 19.5 Å². The maximum absolute atomic E-state index is 12.1. The van der Waals surface area contributed by atoms with Crippen LogP contribution in [0.1, 0.15) is 30.4 Å². The lowest BCUT2D eigenvalue weighted by atomic mass is 10.1. The van der Waals surface area contributed by atoms with Crippen molar-refractivity contribution in [3.05, 3.63) is 46.5 Å². The minimum absolute atomic E-state index is 0.132. The first kappa shape index (κ1) is 15.6. The average Bonchev–Trinajstić information content (AvgIpc) is 3.07. The van der Waals surface area contributed by atoms with Gasteiger partial charge in [-0.25, -0.2) is 14.0 Å². The molecule has 1 heterocycles. The van der Waals surface area contributed by atoms with Gasteiger partial charge in [0.25, 0.3) is 5.91 Å². The van der Waals surface area contributed by atoms with Crippen LogP contribution in [0.4, 0.5) is 5.69 Å². The molecule has 22 heavy (non-hydrogen) atoms. The van der Waals surface area contributed by atoms with E-state index in [9.17, 15) is 14.4 Å². The summed E-state index contributed by atoms with van der Waals surface area (Å²) in [6.07, 6.45) is 1.49. The molecule has 0 saturated heterocycles. The molecule has 0 unspecified atom stereocenters. The molecule has 1 N–H and O–H groups in total. The van der Waals surface area contributed by atoms with E-state index in [1.54, 1.807) is 6.07 Å². The van der Waals surface area contributed by atoms with E-state index >= 15 is 0 Å². The quantitative estimate of drug-likeness (QED) is 0.866. The fourth-order valence-corrected chi connectivity index (χ4v) is 2.19. The largest absolute Gasteiger partial charge is 0.465 e. The predicted molar refractivity (Wildman–Crippen MR) is 79.2 cm³/mol. The Morgan fingerprint density at radius 3 is 2.41 bits per heavy atom. The smallest absolute Gasteiger partial charge is 0.339 e. The van der Waals surface area contributed by atoms with Crippen molar-refractivity contribution in [3.63, 3.8) is 0 Å². The molecule has 2 rings (SSSR count). The zero-order chi connectivity index (χ0) is 16.1. The van der Waals surface area contributed by atoms with E-state index in [2.05, 4.69) is 19.2 Å². The van der Waals surface area contributed by atoms with Gasteiger partial charge in [0.15, 0.2) is 0 Å². The maximum Gasteiger partial charge on any atom is 0.339 e. The zero-order valence-corrected chi connectivity index (χ0v) is 12.6. The summed E-state index contributed by atoms with van der Waals surface area (Å²) in [6.45, 7) is 0. The summed E-state index contributed by atoms with van der Waals surface area (Å²) < 4.78 is 13.1. The lowest BCUT2D eigenvalue weighted by molar-refractivity contribution is 0.0587. The number of methoxy groups -OCH3 is 2. The Morgan fingerprint density at radius 1 is 1.09 bits per heavy atom. The summed E-state index contributed by atoms with van der Waals surface area (Å²) in [5.74, 6) is -1.64. The van der Waals surface area contributed by atoms with Crippen LogP contribution < -0.4 is 5.32 Å². The molecule has 1 aromatic heterocycles. The Balaban J connectivity index is 2.38. The topological polar surface area (TPSA) is 94.6 Å². The zero-order valence-electron chi connectivity index (χ0n) is 11.8. The molecule has 0 fully saturated rings. The van der Waals surface area contributed by atoms with E-state index in [-0.39, 0.29) is 16.8 Å². The molecule has 0 aliphatic heterocycles. The number of hydrogen-bond acceptors (Lipinski definition) is 7. The molecule has 7 nitrogen and oxygen atoms in total. The fraction of sp³-hybridized carbons (Fsp3) is 0.143. The SMILES string of the molecule is COC(=O)c1ccc(C(=O)OC)c(NC(=O)c2ccns2)c1. The minimum Gasteiger partial charge on any atom is -0.465 e. The number of amides is 1. The van der Waals surface area contributed by atoms with Crippen LogP contribution >= 0.6 is 11.5 Å². The van der Waals surface area contributed by atoms with E-state index in [0.29, 0.717) is 4.88 Å². The number of carbonyl (C=O) groups excluding carboxylic acids is 3. The molecule has 0 radical (unpaired) electrons. The number of anilines is 1. The molecular formula is C14H12N2O5S. The monoisotopic (exact) mass is 320 g/mol. The summed E-state index contributed by atoms with van der Waals surface area (Å²) in [4.78, 5) is 35.8. The van der Waals surface area contributed by atoms with Gasteiger partial charge in [-0.2, -0.15) is 0 Å². The van der Waals surface area contributed by atoms with Crippen molar-refractivity contribution >= 4 is 35.1 Å². The Labute approximate surface area is 130 Å². The number of esters is 2. The van der Waals surface area contributed by atoms with E-state index in [0.717, 1.165) is 11.5 Å². The van der Waals surface area contributed by atoms with Crippen LogP contribution in [-0.4, -0.2) is 36.4 Å². The van der Waals surface area contributed by atoms with Gasteiger partial charge in [-0.15, -0.1) is 0 Å². The average molecular weight is 320 g/mol. The Morgan fingerprint density at radius 2 is 1.82 bits per heavy atom. The summed E-state index contributed by atoms with van der Waals surface area (Å²) in [5, 5.41) is 2.57. The fourth-order valence-electron chi connectivity index (χ4n) is 1.70. The van der Waals surface area contributed by atoms with E-state index in [1.165, 1.54) is 38.6 Å². The number of nitrogens with zero attached hydrogens (tertiary/aromatic N) is 1. The first-order chi connectivity index (χ1) is 10.6. The van der Waals surface area contributed by atoms with Gasteiger partial charge in [0.1, 0.15) is 4.88 Å². The summed E-state index contributed by atoms with van der Waals surface area (Å²) in [7, 11) is 2.47. The molecule has 8 heteroatoms. The number of benzene rings is 1. The van der Waals surface area contributed by atoms with Crippen LogP contribution in [0.5, 0.6) is 0 Å². The number of hydrogen-bond donors (Lipinski definition) is 1. The van der Waals surface area contributed by atoms with Gasteiger partial charge >= 0.3 is 11.9 Å². The number of rotatable bonds is 4. The van der Waals surface area contributed by atoms with E-state index in [4.69, 9.17) is 0 Å². The second kappa shape index (κ2) is 6.81. The van der Waals surface area contributed by atoms with Gasteiger partial charge in [-0.05, 0) is 35.8 Å².